The molecule has 1 N–H and O–H groups in total. The lowest BCUT2D eigenvalue weighted by atomic mass is 10.1. The maximum atomic E-state index is 11.4. The first kappa shape index (κ1) is 17.8. The van der Waals surface area contributed by atoms with Gasteiger partial charge in [0.25, 0.3) is 5.69 Å². The molecule has 0 aliphatic carbocycles. The number of rotatable bonds is 4. The summed E-state index contributed by atoms with van der Waals surface area (Å²) >= 11 is 5.55. The molecule has 0 atom stereocenters. The average Bonchev–Trinajstić information content (AvgIpc) is 2.88. The minimum Gasteiger partial charge on any atom is -0.297 e. The second kappa shape index (κ2) is 7.05. The Hall–Kier alpha value is -3.06. The molecule has 0 aliphatic rings. The summed E-state index contributed by atoms with van der Waals surface area (Å²) in [5.41, 5.74) is 4.42. The lowest BCUT2D eigenvalue weighted by Gasteiger charge is -2.03. The van der Waals surface area contributed by atoms with Crippen LogP contribution in [0.25, 0.3) is 5.69 Å². The van der Waals surface area contributed by atoms with E-state index >= 15 is 0 Å². The molecule has 7 heteroatoms. The molecule has 0 saturated carbocycles. The first-order valence-electron chi connectivity index (χ1n) is 8.05. The fraction of sp³-hybridized carbons (Fsp3) is 0.158. The largest absolute Gasteiger partial charge is 0.297 e. The molecule has 26 heavy (non-hydrogen) atoms. The summed E-state index contributed by atoms with van der Waals surface area (Å²) < 4.78 is 2.37. The number of benzene rings is 2. The average molecular weight is 366 g/mol. The van der Waals surface area contributed by atoms with Gasteiger partial charge in [-0.25, -0.2) is 9.67 Å². The molecule has 0 bridgehead atoms. The molecular formula is C19H18N4O2S. The fourth-order valence-corrected chi connectivity index (χ4v) is 3.20. The number of nitrogens with zero attached hydrogens (tertiary/aromatic N) is 3. The van der Waals surface area contributed by atoms with Crippen LogP contribution in [-0.2, 0) is 0 Å². The number of hydrogen-bond acceptors (Lipinski definition) is 4. The van der Waals surface area contributed by atoms with Gasteiger partial charge in [0.05, 0.1) is 16.2 Å². The Morgan fingerprint density at radius 2 is 1.88 bits per heavy atom. The van der Waals surface area contributed by atoms with Crippen molar-refractivity contribution in [3.8, 4) is 5.69 Å². The van der Waals surface area contributed by atoms with Crippen LogP contribution in [0.5, 0.6) is 0 Å². The van der Waals surface area contributed by atoms with Crippen LogP contribution in [0.15, 0.2) is 47.5 Å². The molecule has 2 aromatic carbocycles. The Morgan fingerprint density at radius 1 is 1.19 bits per heavy atom. The molecule has 3 aromatic rings. The number of nitro benzene ring substituents is 1. The van der Waals surface area contributed by atoms with Crippen LogP contribution in [-0.4, -0.2) is 20.9 Å². The Labute approximate surface area is 156 Å². The molecule has 0 aliphatic heterocycles. The van der Waals surface area contributed by atoms with Crippen molar-refractivity contribution >= 4 is 29.8 Å². The zero-order chi connectivity index (χ0) is 18.8. The zero-order valence-electron chi connectivity index (χ0n) is 14.7. The van der Waals surface area contributed by atoms with Crippen LogP contribution in [0.3, 0.4) is 0 Å². The number of nitrogens with one attached hydrogen (secondary N) is 1. The molecular weight excluding hydrogens is 348 g/mol. The number of aromatic amines is 1. The predicted molar refractivity (Wildman–Crippen MR) is 106 cm³/mol. The van der Waals surface area contributed by atoms with Gasteiger partial charge in [-0.05, 0) is 44.0 Å². The summed E-state index contributed by atoms with van der Waals surface area (Å²) in [6.45, 7) is 5.54. The van der Waals surface area contributed by atoms with Crippen molar-refractivity contribution in [2.24, 2.45) is 4.99 Å². The summed E-state index contributed by atoms with van der Waals surface area (Å²) in [4.78, 5) is 15.4. The highest BCUT2D eigenvalue weighted by Crippen LogP contribution is 2.32. The highest BCUT2D eigenvalue weighted by Gasteiger charge is 2.16. The van der Waals surface area contributed by atoms with Crippen LogP contribution in [0.1, 0.15) is 22.4 Å². The van der Waals surface area contributed by atoms with E-state index in [4.69, 9.17) is 12.2 Å². The van der Waals surface area contributed by atoms with Crippen molar-refractivity contribution in [2.75, 3.05) is 0 Å². The van der Waals surface area contributed by atoms with Gasteiger partial charge in [-0.2, -0.15) is 0 Å². The van der Waals surface area contributed by atoms with Gasteiger partial charge in [0.15, 0.2) is 0 Å². The van der Waals surface area contributed by atoms with Crippen LogP contribution >= 0.6 is 12.2 Å². The molecule has 0 radical (unpaired) electrons. The zero-order valence-corrected chi connectivity index (χ0v) is 15.5. The molecule has 1 heterocycles. The number of aromatic nitrogens is 2. The number of aliphatic imine (C=N–C) groups is 1. The third-order valence-corrected chi connectivity index (χ3v) is 4.48. The second-order valence-corrected chi connectivity index (χ2v) is 6.48. The van der Waals surface area contributed by atoms with Crippen molar-refractivity contribution in [1.29, 1.82) is 0 Å². The van der Waals surface area contributed by atoms with Crippen molar-refractivity contribution in [3.05, 3.63) is 79.6 Å². The Morgan fingerprint density at radius 3 is 2.54 bits per heavy atom. The van der Waals surface area contributed by atoms with E-state index in [0.717, 1.165) is 28.1 Å². The van der Waals surface area contributed by atoms with Gasteiger partial charge in [0.1, 0.15) is 10.3 Å². The van der Waals surface area contributed by atoms with Gasteiger partial charge < -0.3 is 0 Å². The minimum atomic E-state index is -0.407. The molecule has 0 fully saturated rings. The summed E-state index contributed by atoms with van der Waals surface area (Å²) in [5.74, 6) is 0. The normalized spacial score (nSPS) is 11.2. The fourth-order valence-electron chi connectivity index (χ4n) is 2.84. The van der Waals surface area contributed by atoms with Crippen molar-refractivity contribution in [3.63, 3.8) is 0 Å². The topological polar surface area (TPSA) is 76.2 Å². The first-order valence-corrected chi connectivity index (χ1v) is 8.46. The predicted octanol–water partition coefficient (Wildman–Crippen LogP) is 5.12. The monoisotopic (exact) mass is 366 g/mol. The van der Waals surface area contributed by atoms with Gasteiger partial charge in [-0.15, -0.1) is 0 Å². The smallest absolute Gasteiger partial charge is 0.295 e. The molecule has 0 amide bonds. The number of para-hydroxylation sites is 1. The van der Waals surface area contributed by atoms with Crippen molar-refractivity contribution < 1.29 is 4.92 Å². The Bertz CT molecular complexity index is 1070. The SMILES string of the molecule is Cc1cc(C)c(N=Cc2c(C)[nH]n(-c3ccccc3)c2=S)c([N+](=O)[O-])c1. The van der Waals surface area contributed by atoms with E-state index in [1.165, 1.54) is 6.07 Å². The third-order valence-electron chi connectivity index (χ3n) is 4.08. The van der Waals surface area contributed by atoms with E-state index in [9.17, 15) is 10.1 Å². The second-order valence-electron chi connectivity index (χ2n) is 6.09. The number of hydrogen-bond donors (Lipinski definition) is 1. The maximum Gasteiger partial charge on any atom is 0.295 e. The first-order chi connectivity index (χ1) is 12.4. The Kier molecular flexibility index (Phi) is 4.81. The van der Waals surface area contributed by atoms with Gasteiger partial charge in [0.2, 0.25) is 0 Å². The lowest BCUT2D eigenvalue weighted by molar-refractivity contribution is -0.384. The van der Waals surface area contributed by atoms with Crippen LogP contribution < -0.4 is 0 Å². The molecule has 3 rings (SSSR count). The molecule has 0 spiro atoms. The van der Waals surface area contributed by atoms with Crippen LogP contribution in [0.2, 0.25) is 0 Å². The minimum absolute atomic E-state index is 0.00575. The Balaban J connectivity index is 2.08. The van der Waals surface area contributed by atoms with Crippen molar-refractivity contribution in [2.45, 2.75) is 20.8 Å². The van der Waals surface area contributed by atoms with E-state index in [2.05, 4.69) is 10.1 Å². The van der Waals surface area contributed by atoms with Gasteiger partial charge in [-0.1, -0.05) is 36.5 Å². The van der Waals surface area contributed by atoms with Gasteiger partial charge >= 0.3 is 0 Å². The van der Waals surface area contributed by atoms with Crippen molar-refractivity contribution in [1.82, 2.24) is 9.78 Å². The quantitative estimate of drug-likeness (QED) is 0.301. The molecule has 6 nitrogen and oxygen atoms in total. The van der Waals surface area contributed by atoms with E-state index in [1.54, 1.807) is 10.9 Å². The van der Waals surface area contributed by atoms with E-state index < -0.39 is 4.92 Å². The van der Waals surface area contributed by atoms with E-state index in [-0.39, 0.29) is 5.69 Å². The van der Waals surface area contributed by atoms with Gasteiger partial charge in [0, 0.05) is 18.0 Å². The maximum absolute atomic E-state index is 11.4. The van der Waals surface area contributed by atoms with Gasteiger partial charge in [-0.3, -0.25) is 15.2 Å². The van der Waals surface area contributed by atoms with E-state index in [1.807, 2.05) is 57.2 Å². The standard InChI is InChI=1S/C19H18N4O2S/c1-12-9-13(2)18(17(10-12)23(24)25)20-11-16-14(3)21-22(19(16)26)15-7-5-4-6-8-15/h4-11,21H,1-3H3. The summed E-state index contributed by atoms with van der Waals surface area (Å²) in [6, 6.07) is 13.1. The highest BCUT2D eigenvalue weighted by atomic mass is 32.1. The molecule has 132 valence electrons. The van der Waals surface area contributed by atoms with Crippen LogP contribution in [0.4, 0.5) is 11.4 Å². The summed E-state index contributed by atoms with van der Waals surface area (Å²) in [5, 5.41) is 14.6. The molecule has 0 unspecified atom stereocenters. The van der Waals surface area contributed by atoms with E-state index in [0.29, 0.717) is 10.3 Å². The highest BCUT2D eigenvalue weighted by molar-refractivity contribution is 7.71. The third kappa shape index (κ3) is 3.34. The number of nitro groups is 1. The lowest BCUT2D eigenvalue weighted by Crippen LogP contribution is -1.95. The number of H-pyrrole nitrogens is 1. The number of aryl methyl sites for hydroxylation is 3. The molecule has 1 aromatic heterocycles. The summed E-state index contributed by atoms with van der Waals surface area (Å²) in [6.07, 6.45) is 1.60. The summed E-state index contributed by atoms with van der Waals surface area (Å²) in [7, 11) is 0. The van der Waals surface area contributed by atoms with Crippen LogP contribution in [0, 0.1) is 35.5 Å². The molecule has 0 saturated heterocycles.